The minimum atomic E-state index is -2.90. The highest BCUT2D eigenvalue weighted by atomic mass is 32.2. The first-order valence-corrected chi connectivity index (χ1v) is 9.42. The van der Waals surface area contributed by atoms with Crippen LogP contribution in [0.1, 0.15) is 11.1 Å². The number of methoxy groups -OCH3 is 1. The first-order chi connectivity index (χ1) is 9.42. The standard InChI is InChI=1S/C13H22N2O3S2/c1-11-8-12(9-14-4-5-18-2)10-15-13(11)19-6-7-20(3,16)17/h8,10,14H,4-7,9H2,1-3H3. The average molecular weight is 318 g/mol. The molecule has 0 radical (unpaired) electrons. The van der Waals surface area contributed by atoms with Crippen molar-refractivity contribution >= 4 is 21.6 Å². The number of sulfone groups is 1. The van der Waals surface area contributed by atoms with Crippen molar-refractivity contribution in [3.63, 3.8) is 0 Å². The summed E-state index contributed by atoms with van der Waals surface area (Å²) in [4.78, 5) is 4.39. The molecule has 1 aromatic rings. The number of aryl methyl sites for hydroxylation is 1. The Labute approximate surface area is 125 Å². The largest absolute Gasteiger partial charge is 0.383 e. The van der Waals surface area contributed by atoms with E-state index >= 15 is 0 Å². The van der Waals surface area contributed by atoms with Gasteiger partial charge in [0.05, 0.1) is 17.4 Å². The Morgan fingerprint density at radius 3 is 2.80 bits per heavy atom. The molecule has 5 nitrogen and oxygen atoms in total. The van der Waals surface area contributed by atoms with E-state index in [1.807, 2.05) is 13.1 Å². The Morgan fingerprint density at radius 2 is 2.20 bits per heavy atom. The van der Waals surface area contributed by atoms with Crippen molar-refractivity contribution in [1.29, 1.82) is 0 Å². The third-order valence-electron chi connectivity index (χ3n) is 2.59. The number of thioether (sulfide) groups is 1. The topological polar surface area (TPSA) is 68.3 Å². The number of ether oxygens (including phenoxy) is 1. The summed E-state index contributed by atoms with van der Waals surface area (Å²) < 4.78 is 27.1. The monoisotopic (exact) mass is 318 g/mol. The Morgan fingerprint density at radius 1 is 1.45 bits per heavy atom. The van der Waals surface area contributed by atoms with E-state index in [1.54, 1.807) is 7.11 Å². The first kappa shape index (κ1) is 17.4. The summed E-state index contributed by atoms with van der Waals surface area (Å²) in [7, 11) is -1.23. The minimum Gasteiger partial charge on any atom is -0.383 e. The molecule has 0 atom stereocenters. The van der Waals surface area contributed by atoms with Crippen molar-refractivity contribution in [2.45, 2.75) is 18.5 Å². The van der Waals surface area contributed by atoms with Crippen LogP contribution in [-0.2, 0) is 21.1 Å². The fraction of sp³-hybridized carbons (Fsp3) is 0.615. The van der Waals surface area contributed by atoms with E-state index in [-0.39, 0.29) is 5.75 Å². The number of hydrogen-bond donors (Lipinski definition) is 1. The van der Waals surface area contributed by atoms with Gasteiger partial charge in [-0.3, -0.25) is 0 Å². The van der Waals surface area contributed by atoms with Gasteiger partial charge in [0.2, 0.25) is 0 Å². The fourth-order valence-corrected chi connectivity index (χ4v) is 3.72. The summed E-state index contributed by atoms with van der Waals surface area (Å²) >= 11 is 1.48. The predicted octanol–water partition coefficient (Wildman–Crippen LogP) is 1.26. The number of nitrogens with zero attached hydrogens (tertiary/aromatic N) is 1. The molecule has 0 fully saturated rings. The van der Waals surface area contributed by atoms with Crippen molar-refractivity contribution in [1.82, 2.24) is 10.3 Å². The molecule has 1 rings (SSSR count). The van der Waals surface area contributed by atoms with Crippen LogP contribution < -0.4 is 5.32 Å². The lowest BCUT2D eigenvalue weighted by molar-refractivity contribution is 0.199. The Balaban J connectivity index is 2.46. The maximum Gasteiger partial charge on any atom is 0.148 e. The van der Waals surface area contributed by atoms with Gasteiger partial charge >= 0.3 is 0 Å². The van der Waals surface area contributed by atoms with Crippen LogP contribution in [0.5, 0.6) is 0 Å². The zero-order valence-corrected chi connectivity index (χ0v) is 13.8. The van der Waals surface area contributed by atoms with Crippen LogP contribution in [0, 0.1) is 6.92 Å². The molecule has 114 valence electrons. The van der Waals surface area contributed by atoms with E-state index in [9.17, 15) is 8.42 Å². The van der Waals surface area contributed by atoms with E-state index in [0.29, 0.717) is 12.4 Å². The van der Waals surface area contributed by atoms with Gasteiger partial charge in [-0.1, -0.05) is 6.07 Å². The molecule has 1 heterocycles. The first-order valence-electron chi connectivity index (χ1n) is 6.38. The molecule has 0 aliphatic carbocycles. The lowest BCUT2D eigenvalue weighted by atomic mass is 10.2. The van der Waals surface area contributed by atoms with E-state index in [2.05, 4.69) is 16.4 Å². The number of pyridine rings is 1. The van der Waals surface area contributed by atoms with Crippen LogP contribution in [0.15, 0.2) is 17.3 Å². The van der Waals surface area contributed by atoms with E-state index in [0.717, 1.165) is 29.2 Å². The van der Waals surface area contributed by atoms with Gasteiger partial charge < -0.3 is 10.1 Å². The molecule has 0 saturated heterocycles. The summed E-state index contributed by atoms with van der Waals surface area (Å²) in [5.41, 5.74) is 2.20. The van der Waals surface area contributed by atoms with E-state index in [1.165, 1.54) is 18.0 Å². The molecular formula is C13H22N2O3S2. The van der Waals surface area contributed by atoms with Gasteiger partial charge in [-0.2, -0.15) is 0 Å². The molecule has 1 N–H and O–H groups in total. The highest BCUT2D eigenvalue weighted by Gasteiger charge is 2.06. The van der Waals surface area contributed by atoms with Crippen molar-refractivity contribution < 1.29 is 13.2 Å². The van der Waals surface area contributed by atoms with Crippen LogP contribution in [0.25, 0.3) is 0 Å². The van der Waals surface area contributed by atoms with Crippen LogP contribution in [-0.4, -0.2) is 51.4 Å². The van der Waals surface area contributed by atoms with E-state index in [4.69, 9.17) is 4.74 Å². The second kappa shape index (κ2) is 8.61. The molecule has 1 aromatic heterocycles. The fourth-order valence-electron chi connectivity index (χ4n) is 1.56. The Bertz CT molecular complexity index is 518. The molecule has 0 saturated carbocycles. The zero-order valence-electron chi connectivity index (χ0n) is 12.2. The lowest BCUT2D eigenvalue weighted by Crippen LogP contribution is -2.18. The van der Waals surface area contributed by atoms with Gasteiger partial charge in [-0.15, -0.1) is 11.8 Å². The highest BCUT2D eigenvalue weighted by molar-refractivity contribution is 8.00. The van der Waals surface area contributed by atoms with Crippen molar-refractivity contribution in [2.75, 3.05) is 38.0 Å². The highest BCUT2D eigenvalue weighted by Crippen LogP contribution is 2.20. The van der Waals surface area contributed by atoms with Gasteiger partial charge in [0.1, 0.15) is 9.84 Å². The second-order valence-electron chi connectivity index (χ2n) is 4.61. The van der Waals surface area contributed by atoms with Crippen LogP contribution in [0.4, 0.5) is 0 Å². The molecule has 0 aliphatic rings. The van der Waals surface area contributed by atoms with Crippen LogP contribution >= 0.6 is 11.8 Å². The van der Waals surface area contributed by atoms with Gasteiger partial charge in [-0.05, 0) is 18.1 Å². The number of hydrogen-bond acceptors (Lipinski definition) is 6. The second-order valence-corrected chi connectivity index (χ2v) is 7.96. The Hall–Kier alpha value is -0.630. The van der Waals surface area contributed by atoms with Gasteiger partial charge in [0.15, 0.2) is 0 Å². The third kappa shape index (κ3) is 7.23. The lowest BCUT2D eigenvalue weighted by Gasteiger charge is -2.08. The Kier molecular flexibility index (Phi) is 7.50. The summed E-state index contributed by atoms with van der Waals surface area (Å²) in [6.07, 6.45) is 3.08. The molecule has 0 amide bonds. The van der Waals surface area contributed by atoms with Gasteiger partial charge in [0.25, 0.3) is 0 Å². The minimum absolute atomic E-state index is 0.180. The molecule has 0 aromatic carbocycles. The van der Waals surface area contributed by atoms with Crippen LogP contribution in [0.2, 0.25) is 0 Å². The van der Waals surface area contributed by atoms with Gasteiger partial charge in [0, 0.05) is 38.4 Å². The van der Waals surface area contributed by atoms with Crippen LogP contribution in [0.3, 0.4) is 0 Å². The molecule has 20 heavy (non-hydrogen) atoms. The number of rotatable bonds is 9. The summed E-state index contributed by atoms with van der Waals surface area (Å²) in [6.45, 7) is 4.24. The smallest absolute Gasteiger partial charge is 0.148 e. The quantitative estimate of drug-likeness (QED) is 0.546. The SMILES string of the molecule is COCCNCc1cnc(SCCS(C)(=O)=O)c(C)c1. The third-order valence-corrected chi connectivity index (χ3v) is 4.91. The summed E-state index contributed by atoms with van der Waals surface area (Å²) in [5.74, 6) is 0.719. The zero-order chi connectivity index (χ0) is 15.0. The normalized spacial score (nSPS) is 11.8. The molecule has 7 heteroatoms. The summed E-state index contributed by atoms with van der Waals surface area (Å²) in [6, 6.07) is 2.08. The predicted molar refractivity (Wildman–Crippen MR) is 83.0 cm³/mol. The van der Waals surface area contributed by atoms with Crippen molar-refractivity contribution in [3.8, 4) is 0 Å². The van der Waals surface area contributed by atoms with Crippen molar-refractivity contribution in [2.24, 2.45) is 0 Å². The molecule has 0 spiro atoms. The number of aromatic nitrogens is 1. The maximum absolute atomic E-state index is 11.1. The molecule has 0 bridgehead atoms. The maximum atomic E-state index is 11.1. The van der Waals surface area contributed by atoms with Gasteiger partial charge in [-0.25, -0.2) is 13.4 Å². The number of nitrogens with one attached hydrogen (secondary N) is 1. The van der Waals surface area contributed by atoms with Crippen molar-refractivity contribution in [3.05, 3.63) is 23.4 Å². The molecule has 0 unspecified atom stereocenters. The molecule has 0 aliphatic heterocycles. The molecular weight excluding hydrogens is 296 g/mol. The average Bonchev–Trinajstić information content (AvgIpc) is 2.36. The summed E-state index contributed by atoms with van der Waals surface area (Å²) in [5, 5.41) is 4.16. The van der Waals surface area contributed by atoms with E-state index < -0.39 is 9.84 Å².